The van der Waals surface area contributed by atoms with Crippen molar-refractivity contribution in [2.45, 2.75) is 13.0 Å². The molecule has 0 fully saturated rings. The average molecular weight is 346 g/mol. The third kappa shape index (κ3) is 3.13. The molecule has 1 aromatic heterocycles. The Morgan fingerprint density at radius 3 is 2.84 bits per heavy atom. The summed E-state index contributed by atoms with van der Waals surface area (Å²) >= 11 is 0. The van der Waals surface area contributed by atoms with Crippen LogP contribution < -0.4 is 5.32 Å². The van der Waals surface area contributed by atoms with E-state index in [0.717, 1.165) is 0 Å². The molecule has 0 radical (unpaired) electrons. The number of nitrogens with zero attached hydrogens (tertiary/aromatic N) is 3. The van der Waals surface area contributed by atoms with Crippen LogP contribution >= 0.6 is 0 Å². The molecular formula is C16H18N4O5. The van der Waals surface area contributed by atoms with Gasteiger partial charge in [-0.3, -0.25) is 0 Å². The van der Waals surface area contributed by atoms with E-state index in [9.17, 15) is 15.0 Å². The largest absolute Gasteiger partial charge is 0.504 e. The number of carbonyl (C=O) groups is 1. The number of allylic oxidation sites excluding steroid dienone is 1. The number of phenols is 2. The summed E-state index contributed by atoms with van der Waals surface area (Å²) in [6.07, 6.45) is 1.36. The lowest BCUT2D eigenvalue weighted by Crippen LogP contribution is -2.30. The first-order valence-electron chi connectivity index (χ1n) is 7.58. The number of hydrogen-bond acceptors (Lipinski definition) is 8. The van der Waals surface area contributed by atoms with Crippen molar-refractivity contribution in [1.82, 2.24) is 14.8 Å². The standard InChI is InChI=1S/C16H18N4O5/c1-9-13(15(23)25-6-5-24-2)14(20-16(19-9)17-8-18-20)10-3-4-11(21)12(22)7-10/h3-4,7-8,14,21-22H,5-6H2,1-2H3,(H,17,18,19)/t14-/m0/s1. The summed E-state index contributed by atoms with van der Waals surface area (Å²) in [5, 5.41) is 26.6. The first-order valence-corrected chi connectivity index (χ1v) is 7.58. The normalized spacial score (nSPS) is 16.3. The average Bonchev–Trinajstić information content (AvgIpc) is 3.04. The molecule has 0 spiro atoms. The third-order valence-electron chi connectivity index (χ3n) is 3.85. The van der Waals surface area contributed by atoms with Crippen LogP contribution in [0.5, 0.6) is 11.5 Å². The minimum Gasteiger partial charge on any atom is -0.504 e. The van der Waals surface area contributed by atoms with Crippen LogP contribution in [0.3, 0.4) is 0 Å². The number of rotatable bonds is 5. The molecule has 0 aliphatic carbocycles. The number of nitrogens with one attached hydrogen (secondary N) is 1. The highest BCUT2D eigenvalue weighted by Crippen LogP contribution is 2.37. The quantitative estimate of drug-likeness (QED) is 0.419. The second-order valence-electron chi connectivity index (χ2n) is 5.47. The van der Waals surface area contributed by atoms with Gasteiger partial charge in [0.25, 0.3) is 0 Å². The molecule has 1 aliphatic rings. The number of fused-ring (bicyclic) bond motifs is 1. The number of aromatic hydroxyl groups is 2. The fourth-order valence-electron chi connectivity index (χ4n) is 2.67. The fourth-order valence-corrected chi connectivity index (χ4v) is 2.67. The smallest absolute Gasteiger partial charge is 0.338 e. The van der Waals surface area contributed by atoms with E-state index in [4.69, 9.17) is 9.47 Å². The lowest BCUT2D eigenvalue weighted by molar-refractivity contribution is -0.140. The molecule has 0 amide bonds. The highest BCUT2D eigenvalue weighted by Gasteiger charge is 2.34. The summed E-state index contributed by atoms with van der Waals surface area (Å²) in [4.78, 5) is 16.7. The van der Waals surface area contributed by atoms with Crippen LogP contribution in [0.4, 0.5) is 5.95 Å². The molecular weight excluding hydrogens is 328 g/mol. The van der Waals surface area contributed by atoms with Crippen molar-refractivity contribution in [2.24, 2.45) is 0 Å². The summed E-state index contributed by atoms with van der Waals surface area (Å²) in [7, 11) is 1.52. The van der Waals surface area contributed by atoms with Crippen LogP contribution in [0.2, 0.25) is 0 Å². The molecule has 3 rings (SSSR count). The minimum atomic E-state index is -0.653. The molecule has 25 heavy (non-hydrogen) atoms. The summed E-state index contributed by atoms with van der Waals surface area (Å²) in [5.41, 5.74) is 1.46. The zero-order valence-corrected chi connectivity index (χ0v) is 13.8. The van der Waals surface area contributed by atoms with Crippen molar-refractivity contribution in [2.75, 3.05) is 25.6 Å². The maximum atomic E-state index is 12.6. The van der Waals surface area contributed by atoms with Crippen LogP contribution in [0.1, 0.15) is 18.5 Å². The Morgan fingerprint density at radius 2 is 2.12 bits per heavy atom. The molecule has 2 aromatic rings. The van der Waals surface area contributed by atoms with E-state index in [1.165, 1.54) is 30.3 Å². The molecule has 0 unspecified atom stereocenters. The van der Waals surface area contributed by atoms with Gasteiger partial charge in [-0.05, 0) is 24.6 Å². The topological polar surface area (TPSA) is 119 Å². The molecule has 1 aliphatic heterocycles. The van der Waals surface area contributed by atoms with Crippen LogP contribution in [0, 0.1) is 0 Å². The molecule has 0 saturated heterocycles. The van der Waals surface area contributed by atoms with Crippen molar-refractivity contribution in [3.63, 3.8) is 0 Å². The molecule has 3 N–H and O–H groups in total. The predicted molar refractivity (Wildman–Crippen MR) is 87.1 cm³/mol. The second kappa shape index (κ2) is 6.81. The summed E-state index contributed by atoms with van der Waals surface area (Å²) in [5.74, 6) is -0.604. The van der Waals surface area contributed by atoms with Gasteiger partial charge in [-0.1, -0.05) is 6.07 Å². The summed E-state index contributed by atoms with van der Waals surface area (Å²) in [6.45, 7) is 2.13. The van der Waals surface area contributed by atoms with E-state index >= 15 is 0 Å². The molecule has 9 heteroatoms. The molecule has 132 valence electrons. The Hall–Kier alpha value is -3.07. The van der Waals surface area contributed by atoms with E-state index in [-0.39, 0.29) is 24.7 Å². The number of ether oxygens (including phenoxy) is 2. The highest BCUT2D eigenvalue weighted by atomic mass is 16.6. The van der Waals surface area contributed by atoms with Crippen LogP contribution in [-0.2, 0) is 14.3 Å². The lowest BCUT2D eigenvalue weighted by Gasteiger charge is -2.28. The van der Waals surface area contributed by atoms with Crippen molar-refractivity contribution in [1.29, 1.82) is 0 Å². The zero-order valence-electron chi connectivity index (χ0n) is 13.8. The van der Waals surface area contributed by atoms with E-state index in [2.05, 4.69) is 15.4 Å². The molecule has 2 heterocycles. The van der Waals surface area contributed by atoms with Crippen molar-refractivity contribution in [3.8, 4) is 11.5 Å². The lowest BCUT2D eigenvalue weighted by atomic mass is 9.95. The minimum absolute atomic E-state index is 0.115. The first kappa shape index (κ1) is 16.8. The first-order chi connectivity index (χ1) is 12.0. The van der Waals surface area contributed by atoms with E-state index in [1.54, 1.807) is 13.0 Å². The monoisotopic (exact) mass is 346 g/mol. The van der Waals surface area contributed by atoms with Gasteiger partial charge < -0.3 is 25.0 Å². The van der Waals surface area contributed by atoms with Gasteiger partial charge in [0.05, 0.1) is 12.2 Å². The van der Waals surface area contributed by atoms with Crippen LogP contribution in [-0.4, -0.2) is 51.3 Å². The zero-order chi connectivity index (χ0) is 18.0. The molecule has 0 bridgehead atoms. The van der Waals surface area contributed by atoms with Crippen LogP contribution in [0.15, 0.2) is 35.8 Å². The third-order valence-corrected chi connectivity index (χ3v) is 3.85. The Kier molecular flexibility index (Phi) is 4.57. The number of anilines is 1. The summed E-state index contributed by atoms with van der Waals surface area (Å²) < 4.78 is 11.7. The number of esters is 1. The number of methoxy groups -OCH3 is 1. The Bertz CT molecular complexity index is 830. The fraction of sp³-hybridized carbons (Fsp3) is 0.312. The Labute approximate surface area is 143 Å². The van der Waals surface area contributed by atoms with Gasteiger partial charge in [0, 0.05) is 12.8 Å². The van der Waals surface area contributed by atoms with Gasteiger partial charge in [0.1, 0.15) is 19.0 Å². The molecule has 9 nitrogen and oxygen atoms in total. The van der Waals surface area contributed by atoms with Crippen LogP contribution in [0.25, 0.3) is 0 Å². The number of carbonyl (C=O) groups excluding carboxylic acids is 1. The maximum absolute atomic E-state index is 12.6. The maximum Gasteiger partial charge on any atom is 0.338 e. The summed E-state index contributed by atoms with van der Waals surface area (Å²) in [6, 6.07) is 3.69. The van der Waals surface area contributed by atoms with Crippen molar-refractivity contribution >= 4 is 11.9 Å². The van der Waals surface area contributed by atoms with Gasteiger partial charge in [0.15, 0.2) is 11.5 Å². The number of aromatic nitrogens is 3. The molecule has 0 saturated carbocycles. The predicted octanol–water partition coefficient (Wildman–Crippen LogP) is 1.17. The Morgan fingerprint density at radius 1 is 1.32 bits per heavy atom. The van der Waals surface area contributed by atoms with Crippen molar-refractivity contribution in [3.05, 3.63) is 41.4 Å². The van der Waals surface area contributed by atoms with Gasteiger partial charge in [-0.15, -0.1) is 0 Å². The van der Waals surface area contributed by atoms with E-state index in [0.29, 0.717) is 22.8 Å². The Balaban J connectivity index is 2.03. The number of phenolic OH excluding ortho intramolecular Hbond substituents is 2. The second-order valence-corrected chi connectivity index (χ2v) is 5.47. The number of benzene rings is 1. The van der Waals surface area contributed by atoms with Gasteiger partial charge in [-0.25, -0.2) is 9.48 Å². The molecule has 1 atom stereocenters. The SMILES string of the molecule is COCCOC(=O)C1=C(C)Nc2ncnn2[C@H]1c1ccc(O)c(O)c1. The molecule has 1 aromatic carbocycles. The van der Waals surface area contributed by atoms with Gasteiger partial charge in [0.2, 0.25) is 5.95 Å². The van der Waals surface area contributed by atoms with Gasteiger partial charge >= 0.3 is 5.97 Å². The van der Waals surface area contributed by atoms with E-state index < -0.39 is 12.0 Å². The number of hydrogen-bond donors (Lipinski definition) is 3. The van der Waals surface area contributed by atoms with E-state index in [1.807, 2.05) is 0 Å². The highest BCUT2D eigenvalue weighted by molar-refractivity contribution is 5.92. The van der Waals surface area contributed by atoms with Crippen molar-refractivity contribution < 1.29 is 24.5 Å². The van der Waals surface area contributed by atoms with Gasteiger partial charge in [-0.2, -0.15) is 10.1 Å².